The first-order valence-electron chi connectivity index (χ1n) is 10.0. The minimum atomic E-state index is -0.0242. The van der Waals surface area contributed by atoms with Gasteiger partial charge in [-0.25, -0.2) is 4.79 Å². The Morgan fingerprint density at radius 3 is 2.38 bits per heavy atom. The number of piperidine rings is 2. The molecule has 3 amide bonds. The largest absolute Gasteiger partial charge is 0.342 e. The summed E-state index contributed by atoms with van der Waals surface area (Å²) in [7, 11) is 0. The van der Waals surface area contributed by atoms with Crippen molar-refractivity contribution in [3.8, 4) is 0 Å². The Balaban J connectivity index is 0.00000338. The highest BCUT2D eigenvalue weighted by molar-refractivity contribution is 5.85. The molecule has 0 aromatic heterocycles. The number of likely N-dealkylation sites (tertiary alicyclic amines) is 2. The van der Waals surface area contributed by atoms with E-state index in [2.05, 4.69) is 31.4 Å². The predicted molar refractivity (Wildman–Crippen MR) is 108 cm³/mol. The Hall–Kier alpha value is -1.01. The maximum absolute atomic E-state index is 12.9. The topological polar surface area (TPSA) is 64.7 Å². The van der Waals surface area contributed by atoms with Crippen LogP contribution < -0.4 is 10.6 Å². The first-order chi connectivity index (χ1) is 12.0. The molecule has 2 rings (SSSR count). The summed E-state index contributed by atoms with van der Waals surface area (Å²) in [6, 6.07) is -0.0180. The van der Waals surface area contributed by atoms with E-state index in [0.29, 0.717) is 24.9 Å². The van der Waals surface area contributed by atoms with Gasteiger partial charge < -0.3 is 20.4 Å². The summed E-state index contributed by atoms with van der Waals surface area (Å²) in [6.45, 7) is 12.1. The minimum Gasteiger partial charge on any atom is -0.342 e. The maximum atomic E-state index is 12.9. The van der Waals surface area contributed by atoms with Crippen molar-refractivity contribution in [3.63, 3.8) is 0 Å². The Morgan fingerprint density at radius 2 is 1.77 bits per heavy atom. The standard InChI is InChI=1S/C19H36N4O2.ClH/c1-4-20-13-16-7-10-22(11-8-16)18(24)17-6-5-9-23(14-17)19(25)21-12-15(2)3;/h15-17,20H,4-14H2,1-3H3,(H,21,25);1H. The third kappa shape index (κ3) is 6.95. The quantitative estimate of drug-likeness (QED) is 0.734. The molecule has 7 heteroatoms. The second-order valence-electron chi connectivity index (χ2n) is 7.94. The van der Waals surface area contributed by atoms with Crippen molar-refractivity contribution in [1.82, 2.24) is 20.4 Å². The van der Waals surface area contributed by atoms with Gasteiger partial charge in [0.1, 0.15) is 0 Å². The van der Waals surface area contributed by atoms with Gasteiger partial charge in [-0.2, -0.15) is 0 Å². The van der Waals surface area contributed by atoms with Gasteiger partial charge in [-0.3, -0.25) is 4.79 Å². The smallest absolute Gasteiger partial charge is 0.317 e. The zero-order chi connectivity index (χ0) is 18.2. The zero-order valence-electron chi connectivity index (χ0n) is 16.6. The molecule has 26 heavy (non-hydrogen) atoms. The Kier molecular flexibility index (Phi) is 10.3. The van der Waals surface area contributed by atoms with E-state index in [1.807, 2.05) is 9.80 Å². The van der Waals surface area contributed by atoms with Crippen LogP contribution in [0.4, 0.5) is 4.79 Å². The summed E-state index contributed by atoms with van der Waals surface area (Å²) >= 11 is 0. The van der Waals surface area contributed by atoms with Crippen LogP contribution in [0.5, 0.6) is 0 Å². The Morgan fingerprint density at radius 1 is 1.08 bits per heavy atom. The summed E-state index contributed by atoms with van der Waals surface area (Å²) < 4.78 is 0. The van der Waals surface area contributed by atoms with Crippen molar-refractivity contribution in [2.24, 2.45) is 17.8 Å². The molecule has 6 nitrogen and oxygen atoms in total. The summed E-state index contributed by atoms with van der Waals surface area (Å²) in [4.78, 5) is 29.0. The maximum Gasteiger partial charge on any atom is 0.317 e. The number of halogens is 1. The van der Waals surface area contributed by atoms with Gasteiger partial charge in [-0.05, 0) is 50.6 Å². The molecule has 2 aliphatic rings. The Labute approximate surface area is 164 Å². The fraction of sp³-hybridized carbons (Fsp3) is 0.895. The average Bonchev–Trinajstić information content (AvgIpc) is 2.64. The highest BCUT2D eigenvalue weighted by Gasteiger charge is 2.32. The molecule has 2 saturated heterocycles. The number of hydrogen-bond acceptors (Lipinski definition) is 3. The Bertz CT molecular complexity index is 439. The first-order valence-corrected chi connectivity index (χ1v) is 10.0. The second kappa shape index (κ2) is 11.7. The molecule has 2 aliphatic heterocycles. The molecular formula is C19H37ClN4O2. The van der Waals surface area contributed by atoms with E-state index >= 15 is 0 Å². The van der Waals surface area contributed by atoms with E-state index in [0.717, 1.165) is 58.4 Å². The fourth-order valence-electron chi connectivity index (χ4n) is 3.73. The van der Waals surface area contributed by atoms with Crippen LogP contribution in [0, 0.1) is 17.8 Å². The van der Waals surface area contributed by atoms with Gasteiger partial charge in [0, 0.05) is 32.7 Å². The second-order valence-corrected chi connectivity index (χ2v) is 7.94. The number of amides is 3. The van der Waals surface area contributed by atoms with Crippen LogP contribution in [-0.4, -0.2) is 67.6 Å². The molecule has 0 saturated carbocycles. The summed E-state index contributed by atoms with van der Waals surface area (Å²) in [5, 5.41) is 6.38. The van der Waals surface area contributed by atoms with Crippen molar-refractivity contribution in [1.29, 1.82) is 0 Å². The zero-order valence-corrected chi connectivity index (χ0v) is 17.4. The van der Waals surface area contributed by atoms with E-state index in [9.17, 15) is 9.59 Å². The molecule has 2 N–H and O–H groups in total. The molecule has 1 atom stereocenters. The third-order valence-electron chi connectivity index (χ3n) is 5.33. The van der Waals surface area contributed by atoms with Crippen LogP contribution in [0.15, 0.2) is 0 Å². The average molecular weight is 389 g/mol. The van der Waals surface area contributed by atoms with Crippen LogP contribution in [0.3, 0.4) is 0 Å². The van der Waals surface area contributed by atoms with Crippen molar-refractivity contribution in [2.45, 2.75) is 46.5 Å². The summed E-state index contributed by atoms with van der Waals surface area (Å²) in [6.07, 6.45) is 4.00. The predicted octanol–water partition coefficient (Wildman–Crippen LogP) is 2.33. The van der Waals surface area contributed by atoms with Gasteiger partial charge in [0.25, 0.3) is 0 Å². The monoisotopic (exact) mass is 388 g/mol. The molecule has 2 heterocycles. The van der Waals surface area contributed by atoms with Gasteiger partial charge in [0.05, 0.1) is 5.92 Å². The van der Waals surface area contributed by atoms with Gasteiger partial charge in [-0.15, -0.1) is 12.4 Å². The van der Waals surface area contributed by atoms with Gasteiger partial charge in [0.2, 0.25) is 5.91 Å². The van der Waals surface area contributed by atoms with Crippen molar-refractivity contribution < 1.29 is 9.59 Å². The van der Waals surface area contributed by atoms with Crippen molar-refractivity contribution in [2.75, 3.05) is 45.8 Å². The fourth-order valence-corrected chi connectivity index (χ4v) is 3.73. The lowest BCUT2D eigenvalue weighted by atomic mass is 9.93. The summed E-state index contributed by atoms with van der Waals surface area (Å²) in [5.74, 6) is 1.36. The van der Waals surface area contributed by atoms with Crippen molar-refractivity contribution in [3.05, 3.63) is 0 Å². The SMILES string of the molecule is CCNCC1CCN(C(=O)C2CCCN(C(=O)NCC(C)C)C2)CC1.Cl. The van der Waals surface area contributed by atoms with E-state index < -0.39 is 0 Å². The normalized spacial score (nSPS) is 21.5. The lowest BCUT2D eigenvalue weighted by Gasteiger charge is -2.38. The number of carbonyl (C=O) groups excluding carboxylic acids is 2. The number of nitrogens with zero attached hydrogens (tertiary/aromatic N) is 2. The number of carbonyl (C=O) groups is 2. The van der Waals surface area contributed by atoms with Crippen LogP contribution in [0.2, 0.25) is 0 Å². The highest BCUT2D eigenvalue weighted by atomic mass is 35.5. The first kappa shape index (κ1) is 23.0. The van der Waals surface area contributed by atoms with E-state index in [1.54, 1.807) is 0 Å². The molecule has 1 unspecified atom stereocenters. The molecule has 0 aromatic carbocycles. The highest BCUT2D eigenvalue weighted by Crippen LogP contribution is 2.23. The lowest BCUT2D eigenvalue weighted by Crippen LogP contribution is -2.51. The summed E-state index contributed by atoms with van der Waals surface area (Å²) in [5.41, 5.74) is 0. The van der Waals surface area contributed by atoms with Crippen LogP contribution >= 0.6 is 12.4 Å². The minimum absolute atomic E-state index is 0. The molecule has 0 radical (unpaired) electrons. The number of urea groups is 1. The number of nitrogens with one attached hydrogen (secondary N) is 2. The van der Waals surface area contributed by atoms with Gasteiger partial charge in [-0.1, -0.05) is 20.8 Å². The van der Waals surface area contributed by atoms with E-state index in [-0.39, 0.29) is 30.3 Å². The van der Waals surface area contributed by atoms with Crippen LogP contribution in [-0.2, 0) is 4.79 Å². The number of rotatable bonds is 6. The third-order valence-corrected chi connectivity index (χ3v) is 5.33. The molecule has 0 bridgehead atoms. The molecule has 0 aliphatic carbocycles. The molecule has 2 fully saturated rings. The van der Waals surface area contributed by atoms with Crippen molar-refractivity contribution >= 4 is 24.3 Å². The van der Waals surface area contributed by atoms with E-state index in [1.165, 1.54) is 0 Å². The molecular weight excluding hydrogens is 352 g/mol. The van der Waals surface area contributed by atoms with Gasteiger partial charge in [0.15, 0.2) is 0 Å². The lowest BCUT2D eigenvalue weighted by molar-refractivity contribution is -0.138. The van der Waals surface area contributed by atoms with Gasteiger partial charge >= 0.3 is 6.03 Å². The van der Waals surface area contributed by atoms with E-state index in [4.69, 9.17) is 0 Å². The van der Waals surface area contributed by atoms with Crippen LogP contribution in [0.25, 0.3) is 0 Å². The van der Waals surface area contributed by atoms with Crippen LogP contribution in [0.1, 0.15) is 46.5 Å². The molecule has 152 valence electrons. The number of hydrogen-bond donors (Lipinski definition) is 2. The molecule has 0 spiro atoms. The molecule has 0 aromatic rings.